The lowest BCUT2D eigenvalue weighted by molar-refractivity contribution is -0.122. The molecule has 0 radical (unpaired) electrons. The van der Waals surface area contributed by atoms with Gasteiger partial charge in [-0.3, -0.25) is 4.79 Å². The van der Waals surface area contributed by atoms with Crippen molar-refractivity contribution >= 4 is 11.6 Å². The van der Waals surface area contributed by atoms with Gasteiger partial charge in [0.1, 0.15) is 5.41 Å². The van der Waals surface area contributed by atoms with E-state index in [0.29, 0.717) is 12.8 Å². The average Bonchev–Trinajstić information content (AvgIpc) is 2.91. The van der Waals surface area contributed by atoms with Crippen molar-refractivity contribution in [1.82, 2.24) is 0 Å². The van der Waals surface area contributed by atoms with E-state index in [-0.39, 0.29) is 5.91 Å². The molecular weight excluding hydrogens is 236 g/mol. The molecule has 1 N–H and O–H groups in total. The number of hydrogen-bond acceptors (Lipinski definition) is 2. The molecule has 3 heteroatoms. The summed E-state index contributed by atoms with van der Waals surface area (Å²) in [6.07, 6.45) is 5.47. The number of nitriles is 1. The third-order valence-electron chi connectivity index (χ3n) is 3.86. The van der Waals surface area contributed by atoms with Gasteiger partial charge in [0.2, 0.25) is 5.91 Å². The van der Waals surface area contributed by atoms with Crippen molar-refractivity contribution in [2.45, 2.75) is 45.4 Å². The van der Waals surface area contributed by atoms with Crippen molar-refractivity contribution in [3.8, 4) is 6.07 Å². The number of carbonyl (C=O) groups is 1. The van der Waals surface area contributed by atoms with Crippen LogP contribution in [0, 0.1) is 16.7 Å². The molecule has 1 aromatic rings. The van der Waals surface area contributed by atoms with Gasteiger partial charge in [-0.2, -0.15) is 5.26 Å². The van der Waals surface area contributed by atoms with E-state index in [0.717, 1.165) is 31.4 Å². The molecule has 1 aromatic carbocycles. The molecule has 0 heterocycles. The predicted octanol–water partition coefficient (Wildman–Crippen LogP) is 3.66. The van der Waals surface area contributed by atoms with Gasteiger partial charge in [0.05, 0.1) is 6.07 Å². The number of aryl methyl sites for hydroxylation is 1. The van der Waals surface area contributed by atoms with Gasteiger partial charge in [-0.15, -0.1) is 0 Å². The molecule has 1 aliphatic rings. The lowest BCUT2D eigenvalue weighted by atomic mass is 9.87. The van der Waals surface area contributed by atoms with E-state index in [1.54, 1.807) is 0 Å². The summed E-state index contributed by atoms with van der Waals surface area (Å²) in [5, 5.41) is 12.2. The lowest BCUT2D eigenvalue weighted by Crippen LogP contribution is -2.32. The van der Waals surface area contributed by atoms with Crippen LogP contribution in [0.5, 0.6) is 0 Å². The number of amides is 1. The van der Waals surface area contributed by atoms with Crippen LogP contribution in [-0.4, -0.2) is 5.91 Å². The summed E-state index contributed by atoms with van der Waals surface area (Å²) in [5.74, 6) is -0.143. The lowest BCUT2D eigenvalue weighted by Gasteiger charge is -2.19. The fraction of sp³-hybridized carbons (Fsp3) is 0.500. The van der Waals surface area contributed by atoms with E-state index in [2.05, 4.69) is 18.3 Å². The highest BCUT2D eigenvalue weighted by Crippen LogP contribution is 2.38. The van der Waals surface area contributed by atoms with Crippen molar-refractivity contribution in [2.24, 2.45) is 5.41 Å². The second kappa shape index (κ2) is 5.88. The third kappa shape index (κ3) is 2.96. The van der Waals surface area contributed by atoms with Crippen molar-refractivity contribution in [3.05, 3.63) is 29.8 Å². The second-order valence-corrected chi connectivity index (χ2v) is 5.30. The van der Waals surface area contributed by atoms with E-state index in [9.17, 15) is 10.1 Å². The Morgan fingerprint density at radius 2 is 1.95 bits per heavy atom. The first kappa shape index (κ1) is 13.6. The fourth-order valence-electron chi connectivity index (χ4n) is 2.66. The summed E-state index contributed by atoms with van der Waals surface area (Å²) >= 11 is 0. The quantitative estimate of drug-likeness (QED) is 0.893. The molecule has 2 rings (SSSR count). The SMILES string of the molecule is CCCc1ccc(NC(=O)C2(C#N)CCCC2)cc1. The molecule has 1 fully saturated rings. The molecule has 1 amide bonds. The molecule has 3 nitrogen and oxygen atoms in total. The summed E-state index contributed by atoms with van der Waals surface area (Å²) < 4.78 is 0. The zero-order chi connectivity index (χ0) is 13.7. The van der Waals surface area contributed by atoms with Crippen molar-refractivity contribution < 1.29 is 4.79 Å². The summed E-state index contributed by atoms with van der Waals surface area (Å²) in [4.78, 5) is 12.2. The zero-order valence-corrected chi connectivity index (χ0v) is 11.4. The maximum Gasteiger partial charge on any atom is 0.244 e. The topological polar surface area (TPSA) is 52.9 Å². The van der Waals surface area contributed by atoms with E-state index in [1.807, 2.05) is 24.3 Å². The normalized spacial score (nSPS) is 16.8. The van der Waals surface area contributed by atoms with Crippen molar-refractivity contribution in [3.63, 3.8) is 0 Å². The smallest absolute Gasteiger partial charge is 0.244 e. The molecule has 0 unspecified atom stereocenters. The Morgan fingerprint density at radius 3 is 2.47 bits per heavy atom. The highest BCUT2D eigenvalue weighted by atomic mass is 16.2. The molecule has 0 spiro atoms. The van der Waals surface area contributed by atoms with Gasteiger partial charge in [-0.25, -0.2) is 0 Å². The van der Waals surface area contributed by atoms with Crippen LogP contribution >= 0.6 is 0 Å². The predicted molar refractivity (Wildman–Crippen MR) is 75.6 cm³/mol. The summed E-state index contributed by atoms with van der Waals surface area (Å²) in [6, 6.07) is 10.1. The minimum atomic E-state index is -0.803. The zero-order valence-electron chi connectivity index (χ0n) is 11.4. The van der Waals surface area contributed by atoms with Crippen LogP contribution in [0.2, 0.25) is 0 Å². The molecule has 100 valence electrons. The molecular formula is C16H20N2O. The van der Waals surface area contributed by atoms with Gasteiger partial charge in [0.15, 0.2) is 0 Å². The Balaban J connectivity index is 2.04. The number of benzene rings is 1. The number of nitrogens with zero attached hydrogens (tertiary/aromatic N) is 1. The number of carbonyl (C=O) groups excluding carboxylic acids is 1. The summed E-state index contributed by atoms with van der Waals surface area (Å²) in [7, 11) is 0. The second-order valence-electron chi connectivity index (χ2n) is 5.30. The van der Waals surface area contributed by atoms with Gasteiger partial charge in [-0.05, 0) is 37.0 Å². The van der Waals surface area contributed by atoms with E-state index >= 15 is 0 Å². The van der Waals surface area contributed by atoms with Crippen LogP contribution < -0.4 is 5.32 Å². The van der Waals surface area contributed by atoms with Crippen molar-refractivity contribution in [2.75, 3.05) is 5.32 Å². The van der Waals surface area contributed by atoms with Crippen LogP contribution in [0.3, 0.4) is 0 Å². The maximum atomic E-state index is 12.2. The van der Waals surface area contributed by atoms with Gasteiger partial charge in [0.25, 0.3) is 0 Å². The molecule has 1 aliphatic carbocycles. The van der Waals surface area contributed by atoms with Crippen LogP contribution in [0.4, 0.5) is 5.69 Å². The third-order valence-corrected chi connectivity index (χ3v) is 3.86. The Hall–Kier alpha value is -1.82. The first-order valence-corrected chi connectivity index (χ1v) is 7.02. The largest absolute Gasteiger partial charge is 0.325 e. The Kier molecular flexibility index (Phi) is 4.21. The van der Waals surface area contributed by atoms with Crippen LogP contribution in [0.1, 0.15) is 44.6 Å². The maximum absolute atomic E-state index is 12.2. The number of nitrogens with one attached hydrogen (secondary N) is 1. The molecule has 19 heavy (non-hydrogen) atoms. The highest BCUT2D eigenvalue weighted by molar-refractivity contribution is 5.97. The van der Waals surface area contributed by atoms with Gasteiger partial charge < -0.3 is 5.32 Å². The van der Waals surface area contributed by atoms with Crippen LogP contribution in [0.15, 0.2) is 24.3 Å². The first-order valence-electron chi connectivity index (χ1n) is 7.02. The Bertz CT molecular complexity index is 478. The van der Waals surface area contributed by atoms with Gasteiger partial charge in [-0.1, -0.05) is 38.3 Å². The number of anilines is 1. The molecule has 0 saturated heterocycles. The van der Waals surface area contributed by atoms with Crippen LogP contribution in [-0.2, 0) is 11.2 Å². The van der Waals surface area contributed by atoms with E-state index in [1.165, 1.54) is 5.56 Å². The number of hydrogen-bond donors (Lipinski definition) is 1. The Morgan fingerprint density at radius 1 is 1.32 bits per heavy atom. The number of rotatable bonds is 4. The molecule has 0 bridgehead atoms. The fourth-order valence-corrected chi connectivity index (χ4v) is 2.66. The minimum absolute atomic E-state index is 0.143. The summed E-state index contributed by atoms with van der Waals surface area (Å²) in [5.41, 5.74) is 1.25. The highest BCUT2D eigenvalue weighted by Gasteiger charge is 2.41. The van der Waals surface area contributed by atoms with Crippen molar-refractivity contribution in [1.29, 1.82) is 5.26 Å². The van der Waals surface area contributed by atoms with Gasteiger partial charge >= 0.3 is 0 Å². The first-order chi connectivity index (χ1) is 9.20. The minimum Gasteiger partial charge on any atom is -0.325 e. The van der Waals surface area contributed by atoms with Crippen LogP contribution in [0.25, 0.3) is 0 Å². The summed E-state index contributed by atoms with van der Waals surface area (Å²) in [6.45, 7) is 2.15. The molecule has 0 aliphatic heterocycles. The van der Waals surface area contributed by atoms with E-state index < -0.39 is 5.41 Å². The average molecular weight is 256 g/mol. The van der Waals surface area contributed by atoms with Gasteiger partial charge in [0, 0.05) is 5.69 Å². The molecule has 0 aromatic heterocycles. The molecule has 1 saturated carbocycles. The van der Waals surface area contributed by atoms with E-state index in [4.69, 9.17) is 0 Å². The Labute approximate surface area is 114 Å². The monoisotopic (exact) mass is 256 g/mol. The molecule has 0 atom stereocenters. The standard InChI is InChI=1S/C16H20N2O/c1-2-5-13-6-8-14(9-7-13)18-15(19)16(12-17)10-3-4-11-16/h6-9H,2-5,10-11H2,1H3,(H,18,19).